The van der Waals surface area contributed by atoms with Crippen molar-refractivity contribution in [1.29, 1.82) is 0 Å². The van der Waals surface area contributed by atoms with Crippen LogP contribution in [0.2, 0.25) is 0 Å². The summed E-state index contributed by atoms with van der Waals surface area (Å²) in [6.07, 6.45) is 3.96. The van der Waals surface area contributed by atoms with Crippen LogP contribution in [0.15, 0.2) is 0 Å². The number of nitrogens with one attached hydrogen (secondary N) is 1. The number of rotatable bonds is 3. The highest BCUT2D eigenvalue weighted by Gasteiger charge is 2.23. The van der Waals surface area contributed by atoms with E-state index in [1.54, 1.807) is 0 Å². The summed E-state index contributed by atoms with van der Waals surface area (Å²) in [4.78, 5) is 0. The summed E-state index contributed by atoms with van der Waals surface area (Å²) in [5, 5.41) is 8.22. The zero-order valence-corrected chi connectivity index (χ0v) is 10.9. The van der Waals surface area contributed by atoms with Crippen molar-refractivity contribution in [2.45, 2.75) is 59.5 Å². The van der Waals surface area contributed by atoms with Gasteiger partial charge in [-0.3, -0.25) is 4.68 Å². The van der Waals surface area contributed by atoms with Crippen LogP contribution in [-0.2, 0) is 6.54 Å². The summed E-state index contributed by atoms with van der Waals surface area (Å²) in [6.45, 7) is 9.69. The first-order valence-corrected chi connectivity index (χ1v) is 6.42. The lowest BCUT2D eigenvalue weighted by Gasteiger charge is -2.14. The van der Waals surface area contributed by atoms with E-state index in [4.69, 9.17) is 0 Å². The molecule has 0 bridgehead atoms. The number of nitrogens with zero attached hydrogens (tertiary/aromatic N) is 2. The van der Waals surface area contributed by atoms with E-state index in [0.717, 1.165) is 18.2 Å². The van der Waals surface area contributed by atoms with Gasteiger partial charge in [0.2, 0.25) is 0 Å². The van der Waals surface area contributed by atoms with Gasteiger partial charge in [0.05, 0.1) is 17.1 Å². The molecule has 2 atom stereocenters. The Morgan fingerprint density at radius 2 is 2.12 bits per heavy atom. The SMILES string of the molecule is CCn1nc(C)c(NC2CCC(C)C2)c1C. The first-order chi connectivity index (χ1) is 7.61. The largest absolute Gasteiger partial charge is 0.379 e. The first-order valence-electron chi connectivity index (χ1n) is 6.42. The molecular weight excluding hydrogens is 198 g/mol. The van der Waals surface area contributed by atoms with Crippen molar-refractivity contribution in [3.05, 3.63) is 11.4 Å². The summed E-state index contributed by atoms with van der Waals surface area (Å²) in [5.41, 5.74) is 3.68. The molecule has 0 radical (unpaired) electrons. The minimum Gasteiger partial charge on any atom is -0.379 e. The van der Waals surface area contributed by atoms with Gasteiger partial charge in [0, 0.05) is 12.6 Å². The van der Waals surface area contributed by atoms with E-state index >= 15 is 0 Å². The normalized spacial score (nSPS) is 25.0. The fourth-order valence-corrected chi connectivity index (χ4v) is 2.76. The summed E-state index contributed by atoms with van der Waals surface area (Å²) < 4.78 is 2.08. The van der Waals surface area contributed by atoms with E-state index in [1.807, 2.05) is 0 Å². The molecule has 0 aromatic carbocycles. The van der Waals surface area contributed by atoms with Crippen LogP contribution >= 0.6 is 0 Å². The number of hydrogen-bond donors (Lipinski definition) is 1. The summed E-state index contributed by atoms with van der Waals surface area (Å²) in [7, 11) is 0. The Morgan fingerprint density at radius 1 is 1.38 bits per heavy atom. The summed E-state index contributed by atoms with van der Waals surface area (Å²) in [5.74, 6) is 0.874. The zero-order valence-electron chi connectivity index (χ0n) is 10.9. The number of aryl methyl sites for hydroxylation is 2. The minimum atomic E-state index is 0.655. The summed E-state index contributed by atoms with van der Waals surface area (Å²) in [6, 6.07) is 0.655. The van der Waals surface area contributed by atoms with Crippen molar-refractivity contribution in [3.63, 3.8) is 0 Å². The van der Waals surface area contributed by atoms with Crippen LogP contribution in [0, 0.1) is 19.8 Å². The molecule has 0 saturated heterocycles. The Labute approximate surface area is 98.2 Å². The molecule has 0 aliphatic heterocycles. The van der Waals surface area contributed by atoms with Crippen LogP contribution in [0.5, 0.6) is 0 Å². The molecule has 0 spiro atoms. The molecule has 1 heterocycles. The summed E-state index contributed by atoms with van der Waals surface area (Å²) >= 11 is 0. The highest BCUT2D eigenvalue weighted by molar-refractivity contribution is 5.52. The third kappa shape index (κ3) is 2.08. The van der Waals surface area contributed by atoms with E-state index in [-0.39, 0.29) is 0 Å². The fourth-order valence-electron chi connectivity index (χ4n) is 2.76. The number of aromatic nitrogens is 2. The van der Waals surface area contributed by atoms with E-state index in [2.05, 4.69) is 42.8 Å². The Morgan fingerprint density at radius 3 is 2.62 bits per heavy atom. The van der Waals surface area contributed by atoms with Gasteiger partial charge in [0.15, 0.2) is 0 Å². The molecule has 0 amide bonds. The lowest BCUT2D eigenvalue weighted by Crippen LogP contribution is -2.16. The van der Waals surface area contributed by atoms with Crippen LogP contribution in [0.25, 0.3) is 0 Å². The van der Waals surface area contributed by atoms with Gasteiger partial charge < -0.3 is 5.32 Å². The van der Waals surface area contributed by atoms with Gasteiger partial charge in [-0.15, -0.1) is 0 Å². The third-order valence-electron chi connectivity index (χ3n) is 3.72. The molecule has 3 heteroatoms. The van der Waals surface area contributed by atoms with Crippen molar-refractivity contribution in [2.24, 2.45) is 5.92 Å². The molecule has 1 aromatic heterocycles. The zero-order chi connectivity index (χ0) is 11.7. The average Bonchev–Trinajstić information content (AvgIpc) is 2.77. The maximum absolute atomic E-state index is 4.54. The lowest BCUT2D eigenvalue weighted by molar-refractivity contribution is 0.602. The van der Waals surface area contributed by atoms with Gasteiger partial charge in [0.1, 0.15) is 0 Å². The molecule has 1 aliphatic rings. The fraction of sp³-hybridized carbons (Fsp3) is 0.769. The molecule has 2 unspecified atom stereocenters. The second-order valence-corrected chi connectivity index (χ2v) is 5.12. The standard InChI is InChI=1S/C13H23N3/c1-5-16-11(4)13(10(3)15-16)14-12-7-6-9(2)8-12/h9,12,14H,5-8H2,1-4H3. The Hall–Kier alpha value is -0.990. The van der Waals surface area contributed by atoms with Gasteiger partial charge in [-0.25, -0.2) is 0 Å². The molecule has 16 heavy (non-hydrogen) atoms. The van der Waals surface area contributed by atoms with E-state index in [9.17, 15) is 0 Å². The molecule has 1 fully saturated rings. The van der Waals surface area contributed by atoms with Crippen molar-refractivity contribution in [1.82, 2.24) is 9.78 Å². The van der Waals surface area contributed by atoms with Gasteiger partial charge in [0.25, 0.3) is 0 Å². The Kier molecular flexibility index (Phi) is 3.22. The maximum atomic E-state index is 4.54. The third-order valence-corrected chi connectivity index (χ3v) is 3.72. The molecule has 1 aromatic rings. The van der Waals surface area contributed by atoms with Crippen LogP contribution < -0.4 is 5.32 Å². The van der Waals surface area contributed by atoms with Gasteiger partial charge in [-0.2, -0.15) is 5.10 Å². The smallest absolute Gasteiger partial charge is 0.0828 e. The molecule has 3 nitrogen and oxygen atoms in total. The van der Waals surface area contributed by atoms with Crippen LogP contribution in [-0.4, -0.2) is 15.8 Å². The predicted molar refractivity (Wildman–Crippen MR) is 67.8 cm³/mol. The predicted octanol–water partition coefficient (Wildman–Crippen LogP) is 3.12. The van der Waals surface area contributed by atoms with Crippen LogP contribution in [0.1, 0.15) is 44.5 Å². The Balaban J connectivity index is 2.12. The topological polar surface area (TPSA) is 29.9 Å². The second kappa shape index (κ2) is 4.48. The molecule has 1 aliphatic carbocycles. The molecule has 2 rings (SSSR count). The molecular formula is C13H23N3. The van der Waals surface area contributed by atoms with Crippen molar-refractivity contribution >= 4 is 5.69 Å². The molecule has 90 valence electrons. The van der Waals surface area contributed by atoms with Crippen molar-refractivity contribution < 1.29 is 0 Å². The maximum Gasteiger partial charge on any atom is 0.0828 e. The number of hydrogen-bond acceptors (Lipinski definition) is 2. The van der Waals surface area contributed by atoms with Gasteiger partial charge >= 0.3 is 0 Å². The second-order valence-electron chi connectivity index (χ2n) is 5.12. The monoisotopic (exact) mass is 221 g/mol. The van der Waals surface area contributed by atoms with E-state index in [1.165, 1.54) is 30.6 Å². The lowest BCUT2D eigenvalue weighted by atomic mass is 10.1. The van der Waals surface area contributed by atoms with Crippen LogP contribution in [0.4, 0.5) is 5.69 Å². The van der Waals surface area contributed by atoms with Gasteiger partial charge in [-0.1, -0.05) is 6.92 Å². The average molecular weight is 221 g/mol. The van der Waals surface area contributed by atoms with Crippen LogP contribution in [0.3, 0.4) is 0 Å². The molecule has 1 saturated carbocycles. The quantitative estimate of drug-likeness (QED) is 0.850. The Bertz CT molecular complexity index is 367. The minimum absolute atomic E-state index is 0.655. The van der Waals surface area contributed by atoms with E-state index in [0.29, 0.717) is 6.04 Å². The van der Waals surface area contributed by atoms with Crippen molar-refractivity contribution in [3.8, 4) is 0 Å². The van der Waals surface area contributed by atoms with Gasteiger partial charge in [-0.05, 0) is 46.0 Å². The highest BCUT2D eigenvalue weighted by Crippen LogP contribution is 2.29. The molecule has 1 N–H and O–H groups in total. The number of anilines is 1. The first kappa shape index (κ1) is 11.5. The van der Waals surface area contributed by atoms with E-state index < -0.39 is 0 Å². The highest BCUT2D eigenvalue weighted by atomic mass is 15.3. The van der Waals surface area contributed by atoms with Crippen molar-refractivity contribution in [2.75, 3.05) is 5.32 Å².